The molecule has 2 atom stereocenters. The van der Waals surface area contributed by atoms with Crippen molar-refractivity contribution in [2.45, 2.75) is 25.3 Å². The number of hydrogen-bond acceptors (Lipinski definition) is 4. The summed E-state index contributed by atoms with van der Waals surface area (Å²) in [6.07, 6.45) is 13.8. The molecule has 0 spiro atoms. The van der Waals surface area contributed by atoms with E-state index in [0.29, 0.717) is 46.4 Å². The Morgan fingerprint density at radius 2 is 1.13 bits per heavy atom. The number of benzene rings is 2. The lowest BCUT2D eigenvalue weighted by atomic mass is 10.1. The van der Waals surface area contributed by atoms with Crippen LogP contribution in [0.5, 0.6) is 0 Å². The number of imidazole rings is 2. The van der Waals surface area contributed by atoms with Gasteiger partial charge >= 0.3 is 0 Å². The highest BCUT2D eigenvalue weighted by Gasteiger charge is 2.17. The number of aromatic nitrogens is 4. The Morgan fingerprint density at radius 3 is 1.45 bits per heavy atom. The Labute approximate surface area is 243 Å². The molecule has 0 saturated carbocycles. The summed E-state index contributed by atoms with van der Waals surface area (Å²) in [5.41, 5.74) is 1.81. The lowest BCUT2D eigenvalue weighted by Crippen LogP contribution is -2.12. The topological polar surface area (TPSA) is 54.1 Å². The van der Waals surface area contributed by atoms with Crippen LogP contribution < -0.4 is 0 Å². The molecule has 4 rings (SSSR count). The minimum Gasteiger partial charge on any atom is -0.368 e. The third-order valence-electron chi connectivity index (χ3n) is 5.32. The molecule has 2 aromatic carbocycles. The lowest BCUT2D eigenvalue weighted by Gasteiger charge is -2.19. The molecule has 0 N–H and O–H groups in total. The molecular formula is C28H28Cl4N4O2. The van der Waals surface area contributed by atoms with Gasteiger partial charge in [-0.05, 0) is 24.3 Å². The quantitative estimate of drug-likeness (QED) is 0.155. The van der Waals surface area contributed by atoms with Gasteiger partial charge in [0.2, 0.25) is 0 Å². The first-order chi connectivity index (χ1) is 18.4. The second-order valence-electron chi connectivity index (χ2n) is 8.07. The van der Waals surface area contributed by atoms with Crippen molar-refractivity contribution in [2.75, 3.05) is 13.2 Å². The molecule has 10 heteroatoms. The van der Waals surface area contributed by atoms with Crippen molar-refractivity contribution in [2.24, 2.45) is 0 Å². The fourth-order valence-corrected chi connectivity index (χ4v) is 4.61. The average molecular weight is 594 g/mol. The van der Waals surface area contributed by atoms with E-state index in [9.17, 15) is 0 Å². The predicted molar refractivity (Wildman–Crippen MR) is 155 cm³/mol. The summed E-state index contributed by atoms with van der Waals surface area (Å²) < 4.78 is 15.4. The van der Waals surface area contributed by atoms with Gasteiger partial charge in [-0.25, -0.2) is 9.97 Å². The Kier molecular flexibility index (Phi) is 12.4. The van der Waals surface area contributed by atoms with Crippen molar-refractivity contribution < 1.29 is 9.47 Å². The summed E-state index contributed by atoms with van der Waals surface area (Å²) in [7, 11) is 0. The SMILES string of the molecule is C=CCOC(Cn1ccnc1)c1ccc(Cl)cc1Cl.C=CCOC(Cn1ccnc1)c1ccc(Cl)cc1Cl. The first kappa shape index (κ1) is 30.0. The zero-order valence-electron chi connectivity index (χ0n) is 20.6. The fraction of sp³-hybridized carbons (Fsp3) is 0.214. The fourth-order valence-electron chi connectivity index (χ4n) is 3.55. The van der Waals surface area contributed by atoms with Crippen LogP contribution in [-0.4, -0.2) is 32.3 Å². The van der Waals surface area contributed by atoms with Gasteiger partial charge in [0.15, 0.2) is 0 Å². The Bertz CT molecular complexity index is 1180. The summed E-state index contributed by atoms with van der Waals surface area (Å²) in [5.74, 6) is 0. The molecule has 2 aromatic heterocycles. The van der Waals surface area contributed by atoms with Crippen LogP contribution in [0, 0.1) is 0 Å². The standard InChI is InChI=1S/2C14H14Cl2N2O/c2*1-2-7-19-14(9-18-6-5-17-10-18)12-4-3-11(15)8-13(12)16/h2*2-6,8,10,14H,1,7,9H2. The average Bonchev–Trinajstić information content (AvgIpc) is 3.60. The van der Waals surface area contributed by atoms with Gasteiger partial charge in [-0.3, -0.25) is 0 Å². The maximum absolute atomic E-state index is 6.23. The van der Waals surface area contributed by atoms with Gasteiger partial charge < -0.3 is 18.6 Å². The van der Waals surface area contributed by atoms with E-state index in [0.717, 1.165) is 11.1 Å². The van der Waals surface area contributed by atoms with Crippen LogP contribution in [0.3, 0.4) is 0 Å². The molecule has 0 radical (unpaired) electrons. The summed E-state index contributed by atoms with van der Waals surface area (Å²) >= 11 is 24.3. The minimum atomic E-state index is -0.169. The highest BCUT2D eigenvalue weighted by atomic mass is 35.5. The number of rotatable bonds is 12. The molecule has 0 aliphatic heterocycles. The maximum atomic E-state index is 6.23. The number of nitrogens with zero attached hydrogens (tertiary/aromatic N) is 4. The third kappa shape index (κ3) is 9.31. The molecule has 0 aliphatic carbocycles. The van der Waals surface area contributed by atoms with E-state index in [1.54, 1.807) is 61.5 Å². The van der Waals surface area contributed by atoms with E-state index < -0.39 is 0 Å². The molecule has 0 bridgehead atoms. The van der Waals surface area contributed by atoms with Crippen LogP contribution in [0.4, 0.5) is 0 Å². The van der Waals surface area contributed by atoms with Crippen molar-refractivity contribution in [1.82, 2.24) is 19.1 Å². The zero-order chi connectivity index (χ0) is 27.3. The first-order valence-corrected chi connectivity index (χ1v) is 13.2. The number of hydrogen-bond donors (Lipinski definition) is 0. The van der Waals surface area contributed by atoms with E-state index in [2.05, 4.69) is 23.1 Å². The Hall–Kier alpha value is -2.58. The van der Waals surface area contributed by atoms with Gasteiger partial charge in [0, 0.05) is 56.0 Å². The normalized spacial score (nSPS) is 12.3. The number of ether oxygens (including phenoxy) is 2. The molecule has 0 fully saturated rings. The van der Waals surface area contributed by atoms with E-state index in [1.807, 2.05) is 33.7 Å². The summed E-state index contributed by atoms with van der Waals surface area (Å²) in [4.78, 5) is 8.04. The smallest absolute Gasteiger partial charge is 0.102 e. The van der Waals surface area contributed by atoms with E-state index in [-0.39, 0.29) is 12.2 Å². The highest BCUT2D eigenvalue weighted by molar-refractivity contribution is 6.35. The van der Waals surface area contributed by atoms with Crippen LogP contribution in [-0.2, 0) is 22.6 Å². The van der Waals surface area contributed by atoms with Crippen molar-refractivity contribution >= 4 is 46.4 Å². The molecule has 2 heterocycles. The second kappa shape index (κ2) is 15.7. The molecule has 0 aliphatic rings. The van der Waals surface area contributed by atoms with Crippen molar-refractivity contribution in [3.8, 4) is 0 Å². The molecule has 38 heavy (non-hydrogen) atoms. The molecular weight excluding hydrogens is 566 g/mol. The van der Waals surface area contributed by atoms with Gasteiger partial charge in [-0.2, -0.15) is 0 Å². The van der Waals surface area contributed by atoms with Gasteiger partial charge in [0.25, 0.3) is 0 Å². The van der Waals surface area contributed by atoms with E-state index in [1.165, 1.54) is 0 Å². The van der Waals surface area contributed by atoms with Gasteiger partial charge in [0.05, 0.1) is 39.0 Å². The molecule has 6 nitrogen and oxygen atoms in total. The van der Waals surface area contributed by atoms with Gasteiger partial charge in [-0.1, -0.05) is 70.7 Å². The second-order valence-corrected chi connectivity index (χ2v) is 9.76. The predicted octanol–water partition coefficient (Wildman–Crippen LogP) is 8.27. The largest absolute Gasteiger partial charge is 0.368 e. The number of halogens is 4. The first-order valence-electron chi connectivity index (χ1n) is 11.7. The van der Waals surface area contributed by atoms with E-state index in [4.69, 9.17) is 55.9 Å². The molecule has 0 saturated heterocycles. The van der Waals surface area contributed by atoms with Crippen LogP contribution in [0.25, 0.3) is 0 Å². The minimum absolute atomic E-state index is 0.169. The van der Waals surface area contributed by atoms with Crippen molar-refractivity contribution in [1.29, 1.82) is 0 Å². The Morgan fingerprint density at radius 1 is 0.711 bits per heavy atom. The monoisotopic (exact) mass is 592 g/mol. The lowest BCUT2D eigenvalue weighted by molar-refractivity contribution is 0.0607. The van der Waals surface area contributed by atoms with Gasteiger partial charge in [0.1, 0.15) is 12.2 Å². The molecule has 2 unspecified atom stereocenters. The molecule has 200 valence electrons. The zero-order valence-corrected chi connectivity index (χ0v) is 23.6. The summed E-state index contributed by atoms with van der Waals surface area (Å²) in [6, 6.07) is 10.8. The van der Waals surface area contributed by atoms with Crippen molar-refractivity contribution in [3.63, 3.8) is 0 Å². The van der Waals surface area contributed by atoms with Gasteiger partial charge in [-0.15, -0.1) is 13.2 Å². The highest BCUT2D eigenvalue weighted by Crippen LogP contribution is 2.30. The molecule has 4 aromatic rings. The van der Waals surface area contributed by atoms with Crippen LogP contribution in [0.1, 0.15) is 23.3 Å². The molecule has 0 amide bonds. The third-order valence-corrected chi connectivity index (χ3v) is 6.45. The van der Waals surface area contributed by atoms with Crippen molar-refractivity contribution in [3.05, 3.63) is 130 Å². The van der Waals surface area contributed by atoms with E-state index >= 15 is 0 Å². The van der Waals surface area contributed by atoms with Crippen LogP contribution in [0.2, 0.25) is 20.1 Å². The van der Waals surface area contributed by atoms with Crippen LogP contribution >= 0.6 is 46.4 Å². The Balaban J connectivity index is 0.000000211. The summed E-state index contributed by atoms with van der Waals surface area (Å²) in [6.45, 7) is 9.50. The summed E-state index contributed by atoms with van der Waals surface area (Å²) in [5, 5.41) is 2.42. The van der Waals surface area contributed by atoms with Crippen LogP contribution in [0.15, 0.2) is 99.2 Å². The maximum Gasteiger partial charge on any atom is 0.102 e.